The van der Waals surface area contributed by atoms with Crippen molar-refractivity contribution in [1.29, 1.82) is 0 Å². The Kier molecular flexibility index (Phi) is 3.68. The number of thioether (sulfide) groups is 1. The van der Waals surface area contributed by atoms with Gasteiger partial charge in [-0.25, -0.2) is 0 Å². The minimum atomic E-state index is 0.746. The maximum Gasteiger partial charge on any atom is 0.178 e. The molecule has 1 fully saturated rings. The number of fused-ring (bicyclic) bond motifs is 1. The Balaban J connectivity index is 1.98. The van der Waals surface area contributed by atoms with E-state index in [4.69, 9.17) is 23.8 Å². The number of halogens is 1. The van der Waals surface area contributed by atoms with Gasteiger partial charge in [0.1, 0.15) is 0 Å². The molecular formula is C13H15ClN2S2. The summed E-state index contributed by atoms with van der Waals surface area (Å²) in [6.07, 6.45) is 2.58. The fourth-order valence-electron chi connectivity index (χ4n) is 2.51. The average Bonchev–Trinajstić information content (AvgIpc) is 2.70. The number of para-hydroxylation sites is 1. The van der Waals surface area contributed by atoms with Gasteiger partial charge in [-0.15, -0.1) is 0 Å². The highest BCUT2D eigenvalue weighted by Crippen LogP contribution is 2.27. The van der Waals surface area contributed by atoms with Crippen LogP contribution in [0.3, 0.4) is 0 Å². The lowest BCUT2D eigenvalue weighted by Crippen LogP contribution is -2.16. The maximum atomic E-state index is 6.19. The topological polar surface area (TPSA) is 20.7 Å². The summed E-state index contributed by atoms with van der Waals surface area (Å²) in [5.74, 6) is 3.30. The molecule has 0 spiro atoms. The lowest BCUT2D eigenvalue weighted by Gasteiger charge is -2.21. The minimum absolute atomic E-state index is 0.746. The SMILES string of the molecule is S=c1[nH]c2c(Cl)cccc2n1CC1CCSCC1. The molecule has 0 saturated carbocycles. The first kappa shape index (κ1) is 12.6. The highest BCUT2D eigenvalue weighted by atomic mass is 35.5. The number of H-pyrrole nitrogens is 1. The van der Waals surface area contributed by atoms with E-state index < -0.39 is 0 Å². The Hall–Kier alpha value is -0.450. The van der Waals surface area contributed by atoms with Gasteiger partial charge in [-0.3, -0.25) is 0 Å². The van der Waals surface area contributed by atoms with Gasteiger partial charge < -0.3 is 9.55 Å². The lowest BCUT2D eigenvalue weighted by atomic mass is 10.0. The van der Waals surface area contributed by atoms with E-state index in [0.717, 1.165) is 33.3 Å². The van der Waals surface area contributed by atoms with Crippen molar-refractivity contribution >= 4 is 46.6 Å². The van der Waals surface area contributed by atoms with Crippen LogP contribution in [0.25, 0.3) is 11.0 Å². The van der Waals surface area contributed by atoms with Crippen LogP contribution in [0.1, 0.15) is 12.8 Å². The lowest BCUT2D eigenvalue weighted by molar-refractivity contribution is 0.420. The Bertz CT molecular complexity index is 611. The molecule has 2 nitrogen and oxygen atoms in total. The van der Waals surface area contributed by atoms with Crippen LogP contribution in [-0.2, 0) is 6.54 Å². The molecular weight excluding hydrogens is 284 g/mol. The van der Waals surface area contributed by atoms with Gasteiger partial charge in [0.15, 0.2) is 4.77 Å². The third-order valence-electron chi connectivity index (χ3n) is 3.54. The number of aromatic nitrogens is 2. The highest BCUT2D eigenvalue weighted by Gasteiger charge is 2.16. The first-order valence-electron chi connectivity index (χ1n) is 6.20. The van der Waals surface area contributed by atoms with Gasteiger partial charge in [0.25, 0.3) is 0 Å². The molecule has 1 aromatic heterocycles. The monoisotopic (exact) mass is 298 g/mol. The second kappa shape index (κ2) is 5.27. The van der Waals surface area contributed by atoms with E-state index in [9.17, 15) is 0 Å². The zero-order valence-corrected chi connectivity index (χ0v) is 12.4. The summed E-state index contributed by atoms with van der Waals surface area (Å²) in [4.78, 5) is 3.23. The molecule has 0 amide bonds. The maximum absolute atomic E-state index is 6.19. The number of hydrogen-bond acceptors (Lipinski definition) is 2. The van der Waals surface area contributed by atoms with Crippen LogP contribution in [0.4, 0.5) is 0 Å². The molecule has 0 atom stereocenters. The van der Waals surface area contributed by atoms with Gasteiger partial charge in [-0.2, -0.15) is 11.8 Å². The van der Waals surface area contributed by atoms with Gasteiger partial charge in [-0.1, -0.05) is 17.7 Å². The quantitative estimate of drug-likeness (QED) is 0.824. The van der Waals surface area contributed by atoms with Crippen molar-refractivity contribution in [2.45, 2.75) is 19.4 Å². The molecule has 0 radical (unpaired) electrons. The molecule has 0 bridgehead atoms. The van der Waals surface area contributed by atoms with Crippen LogP contribution in [0.15, 0.2) is 18.2 Å². The number of hydrogen-bond donors (Lipinski definition) is 1. The molecule has 1 saturated heterocycles. The van der Waals surface area contributed by atoms with Crippen LogP contribution >= 0.6 is 35.6 Å². The normalized spacial score (nSPS) is 17.4. The van der Waals surface area contributed by atoms with Crippen molar-refractivity contribution in [2.75, 3.05) is 11.5 Å². The van der Waals surface area contributed by atoms with Crippen LogP contribution < -0.4 is 0 Å². The van der Waals surface area contributed by atoms with E-state index in [-0.39, 0.29) is 0 Å². The third kappa shape index (κ3) is 2.33. The van der Waals surface area contributed by atoms with E-state index in [2.05, 4.69) is 27.4 Å². The molecule has 1 aliphatic rings. The van der Waals surface area contributed by atoms with Crippen molar-refractivity contribution in [1.82, 2.24) is 9.55 Å². The highest BCUT2D eigenvalue weighted by molar-refractivity contribution is 7.99. The Morgan fingerprint density at radius 1 is 1.39 bits per heavy atom. The molecule has 1 aliphatic heterocycles. The van der Waals surface area contributed by atoms with Gasteiger partial charge in [-0.05, 0) is 54.6 Å². The molecule has 1 aromatic carbocycles. The van der Waals surface area contributed by atoms with E-state index in [0.29, 0.717) is 0 Å². The fraction of sp³-hybridized carbons (Fsp3) is 0.462. The molecule has 2 heterocycles. The Labute approximate surface area is 121 Å². The summed E-state index contributed by atoms with van der Waals surface area (Å²) in [6.45, 7) is 1.01. The Morgan fingerprint density at radius 3 is 2.94 bits per heavy atom. The van der Waals surface area contributed by atoms with Gasteiger partial charge >= 0.3 is 0 Å². The summed E-state index contributed by atoms with van der Waals surface area (Å²) in [5, 5.41) is 0.747. The molecule has 1 N–H and O–H groups in total. The first-order chi connectivity index (χ1) is 8.75. The molecule has 3 rings (SSSR count). The standard InChI is InChI=1S/C13H15ClN2S2/c14-10-2-1-3-11-12(10)15-13(17)16(11)8-9-4-6-18-7-5-9/h1-3,9H,4-8H2,(H,15,17). The van der Waals surface area contributed by atoms with E-state index in [1.54, 1.807) is 0 Å². The van der Waals surface area contributed by atoms with Crippen LogP contribution in [0.5, 0.6) is 0 Å². The van der Waals surface area contributed by atoms with Crippen LogP contribution in [0.2, 0.25) is 5.02 Å². The molecule has 5 heteroatoms. The van der Waals surface area contributed by atoms with E-state index >= 15 is 0 Å². The van der Waals surface area contributed by atoms with Gasteiger partial charge in [0.2, 0.25) is 0 Å². The molecule has 0 aliphatic carbocycles. The van der Waals surface area contributed by atoms with Gasteiger partial charge in [0.05, 0.1) is 16.1 Å². The Morgan fingerprint density at radius 2 is 2.17 bits per heavy atom. The predicted molar refractivity (Wildman–Crippen MR) is 82.2 cm³/mol. The van der Waals surface area contributed by atoms with Crippen LogP contribution in [-0.4, -0.2) is 21.1 Å². The summed E-state index contributed by atoms with van der Waals surface area (Å²) in [7, 11) is 0. The fourth-order valence-corrected chi connectivity index (χ4v) is 4.21. The summed E-state index contributed by atoms with van der Waals surface area (Å²) in [5.41, 5.74) is 2.10. The minimum Gasteiger partial charge on any atom is -0.329 e. The van der Waals surface area contributed by atoms with Crippen molar-refractivity contribution < 1.29 is 0 Å². The third-order valence-corrected chi connectivity index (χ3v) is 5.23. The number of nitrogens with zero attached hydrogens (tertiary/aromatic N) is 1. The van der Waals surface area contributed by atoms with E-state index in [1.165, 1.54) is 24.3 Å². The average molecular weight is 299 g/mol. The molecule has 18 heavy (non-hydrogen) atoms. The number of nitrogens with one attached hydrogen (secondary N) is 1. The smallest absolute Gasteiger partial charge is 0.178 e. The number of imidazole rings is 1. The largest absolute Gasteiger partial charge is 0.329 e. The summed E-state index contributed by atoms with van der Waals surface area (Å²) >= 11 is 13.7. The zero-order valence-electron chi connectivity index (χ0n) is 9.99. The van der Waals surface area contributed by atoms with Gasteiger partial charge in [0, 0.05) is 6.54 Å². The second-order valence-electron chi connectivity index (χ2n) is 4.73. The molecule has 96 valence electrons. The molecule has 0 unspecified atom stereocenters. The van der Waals surface area contributed by atoms with Crippen molar-refractivity contribution in [3.8, 4) is 0 Å². The van der Waals surface area contributed by atoms with E-state index in [1.807, 2.05) is 12.1 Å². The predicted octanol–water partition coefficient (Wildman–Crippen LogP) is 4.50. The number of rotatable bonds is 2. The van der Waals surface area contributed by atoms with Crippen LogP contribution in [0, 0.1) is 10.7 Å². The molecule has 2 aromatic rings. The number of benzene rings is 1. The zero-order chi connectivity index (χ0) is 12.5. The van der Waals surface area contributed by atoms with Crippen molar-refractivity contribution in [2.24, 2.45) is 5.92 Å². The number of aromatic amines is 1. The summed E-state index contributed by atoms with van der Waals surface area (Å²) in [6, 6.07) is 5.97. The summed E-state index contributed by atoms with van der Waals surface area (Å²) < 4.78 is 2.99. The first-order valence-corrected chi connectivity index (χ1v) is 8.14. The van der Waals surface area contributed by atoms with Crippen molar-refractivity contribution in [3.05, 3.63) is 28.0 Å². The second-order valence-corrected chi connectivity index (χ2v) is 6.75. The van der Waals surface area contributed by atoms with Crippen molar-refractivity contribution in [3.63, 3.8) is 0 Å².